The Labute approximate surface area is 99.4 Å². The summed E-state index contributed by atoms with van der Waals surface area (Å²) in [6.45, 7) is 2.71. The van der Waals surface area contributed by atoms with Gasteiger partial charge in [0.15, 0.2) is 0 Å². The topological polar surface area (TPSA) is 12.0 Å². The lowest BCUT2D eigenvalue weighted by Gasteiger charge is -2.13. The molecule has 0 spiro atoms. The second-order valence-corrected chi connectivity index (χ2v) is 4.74. The van der Waals surface area contributed by atoms with E-state index in [1.165, 1.54) is 6.07 Å². The average molecular weight is 248 g/mol. The van der Waals surface area contributed by atoms with Crippen LogP contribution in [-0.4, -0.2) is 18.1 Å². The number of thioether (sulfide) groups is 1. The predicted octanol–water partition coefficient (Wildman–Crippen LogP) is 3.32. The minimum atomic E-state index is -0.353. The number of hydrogen-bond acceptors (Lipinski definition) is 2. The minimum absolute atomic E-state index is 0.223. The molecule has 0 bridgehead atoms. The number of benzene rings is 1. The van der Waals surface area contributed by atoms with Crippen LogP contribution in [0.2, 0.25) is 5.02 Å². The van der Waals surface area contributed by atoms with Crippen molar-refractivity contribution in [3.05, 3.63) is 34.6 Å². The number of hydrogen-bond donors (Lipinski definition) is 1. The van der Waals surface area contributed by atoms with Crippen LogP contribution in [0.5, 0.6) is 0 Å². The Morgan fingerprint density at radius 2 is 2.27 bits per heavy atom. The highest BCUT2D eigenvalue weighted by molar-refractivity contribution is 7.98. The van der Waals surface area contributed by atoms with Crippen molar-refractivity contribution in [3.63, 3.8) is 0 Å². The van der Waals surface area contributed by atoms with Gasteiger partial charge >= 0.3 is 0 Å². The van der Waals surface area contributed by atoms with Gasteiger partial charge in [0, 0.05) is 18.3 Å². The van der Waals surface area contributed by atoms with Crippen molar-refractivity contribution in [2.45, 2.75) is 19.5 Å². The summed E-state index contributed by atoms with van der Waals surface area (Å²) < 4.78 is 13.1. The minimum Gasteiger partial charge on any atom is -0.309 e. The molecule has 1 rings (SSSR count). The van der Waals surface area contributed by atoms with E-state index in [1.807, 2.05) is 6.07 Å². The summed E-state index contributed by atoms with van der Waals surface area (Å²) in [5.41, 5.74) is 0.810. The van der Waals surface area contributed by atoms with Crippen molar-refractivity contribution in [1.29, 1.82) is 0 Å². The summed E-state index contributed by atoms with van der Waals surface area (Å²) in [4.78, 5) is 0. The fraction of sp³-hybridized carbons (Fsp3) is 0.455. The number of rotatable bonds is 5. The maximum absolute atomic E-state index is 13.1. The van der Waals surface area contributed by atoms with E-state index in [0.717, 1.165) is 11.3 Å². The second kappa shape index (κ2) is 6.36. The van der Waals surface area contributed by atoms with E-state index in [4.69, 9.17) is 11.6 Å². The molecule has 0 amide bonds. The lowest BCUT2D eigenvalue weighted by molar-refractivity contribution is 0.587. The quantitative estimate of drug-likeness (QED) is 0.857. The van der Waals surface area contributed by atoms with Crippen LogP contribution >= 0.6 is 23.4 Å². The van der Waals surface area contributed by atoms with Gasteiger partial charge in [-0.1, -0.05) is 23.7 Å². The highest BCUT2D eigenvalue weighted by Crippen LogP contribution is 2.19. The summed E-state index contributed by atoms with van der Waals surface area (Å²) in [7, 11) is 0. The first-order valence-corrected chi connectivity index (χ1v) is 6.57. The van der Waals surface area contributed by atoms with Gasteiger partial charge in [0.05, 0.1) is 5.02 Å². The van der Waals surface area contributed by atoms with E-state index in [-0.39, 0.29) is 10.8 Å². The molecule has 0 fully saturated rings. The lowest BCUT2D eigenvalue weighted by atomic mass is 10.2. The Balaban J connectivity index is 2.54. The SMILES string of the molecule is CSCC(C)NCc1cccc(F)c1Cl. The molecule has 15 heavy (non-hydrogen) atoms. The largest absolute Gasteiger partial charge is 0.309 e. The monoisotopic (exact) mass is 247 g/mol. The van der Waals surface area contributed by atoms with Gasteiger partial charge in [-0.2, -0.15) is 11.8 Å². The van der Waals surface area contributed by atoms with Gasteiger partial charge in [-0.15, -0.1) is 0 Å². The van der Waals surface area contributed by atoms with Gasteiger partial charge in [-0.05, 0) is 24.8 Å². The lowest BCUT2D eigenvalue weighted by Crippen LogP contribution is -2.27. The van der Waals surface area contributed by atoms with Crippen LogP contribution in [0.15, 0.2) is 18.2 Å². The van der Waals surface area contributed by atoms with Crippen LogP contribution in [0.25, 0.3) is 0 Å². The van der Waals surface area contributed by atoms with E-state index < -0.39 is 0 Å². The zero-order valence-electron chi connectivity index (χ0n) is 8.89. The first-order chi connectivity index (χ1) is 7.15. The standard InChI is InChI=1S/C11H15ClFNS/c1-8(7-15-2)14-6-9-4-3-5-10(13)11(9)12/h3-5,8,14H,6-7H2,1-2H3. The summed E-state index contributed by atoms with van der Waals surface area (Å²) >= 11 is 7.62. The van der Waals surface area contributed by atoms with E-state index in [1.54, 1.807) is 17.8 Å². The van der Waals surface area contributed by atoms with Crippen LogP contribution in [-0.2, 0) is 6.54 Å². The van der Waals surface area contributed by atoms with Gasteiger partial charge in [0.2, 0.25) is 0 Å². The van der Waals surface area contributed by atoms with Crippen molar-refractivity contribution < 1.29 is 4.39 Å². The molecule has 1 nitrogen and oxygen atoms in total. The Morgan fingerprint density at radius 1 is 1.53 bits per heavy atom. The van der Waals surface area contributed by atoms with E-state index in [2.05, 4.69) is 18.5 Å². The Hall–Kier alpha value is -0.250. The van der Waals surface area contributed by atoms with Crippen molar-refractivity contribution >= 4 is 23.4 Å². The third kappa shape index (κ3) is 4.01. The van der Waals surface area contributed by atoms with Crippen molar-refractivity contribution in [3.8, 4) is 0 Å². The second-order valence-electron chi connectivity index (χ2n) is 3.45. The molecule has 0 heterocycles. The molecule has 1 aromatic rings. The van der Waals surface area contributed by atoms with Gasteiger partial charge in [0.25, 0.3) is 0 Å². The summed E-state index contributed by atoms with van der Waals surface area (Å²) in [5, 5.41) is 3.52. The molecule has 0 saturated heterocycles. The first-order valence-electron chi connectivity index (χ1n) is 4.80. The summed E-state index contributed by atoms with van der Waals surface area (Å²) in [6, 6.07) is 5.29. The van der Waals surface area contributed by atoms with Crippen LogP contribution in [0.1, 0.15) is 12.5 Å². The highest BCUT2D eigenvalue weighted by Gasteiger charge is 2.06. The Kier molecular flexibility index (Phi) is 5.43. The van der Waals surface area contributed by atoms with Crippen LogP contribution < -0.4 is 5.32 Å². The molecule has 0 aromatic heterocycles. The maximum Gasteiger partial charge on any atom is 0.142 e. The highest BCUT2D eigenvalue weighted by atomic mass is 35.5. The first kappa shape index (κ1) is 12.8. The molecule has 0 aliphatic heterocycles. The zero-order valence-corrected chi connectivity index (χ0v) is 10.5. The smallest absolute Gasteiger partial charge is 0.142 e. The molecule has 84 valence electrons. The molecular weight excluding hydrogens is 233 g/mol. The molecule has 1 unspecified atom stereocenters. The molecule has 4 heteroatoms. The zero-order chi connectivity index (χ0) is 11.3. The third-order valence-electron chi connectivity index (χ3n) is 2.09. The predicted molar refractivity (Wildman–Crippen MR) is 66.1 cm³/mol. The average Bonchev–Trinajstić information content (AvgIpc) is 2.21. The third-order valence-corrected chi connectivity index (χ3v) is 3.35. The van der Waals surface area contributed by atoms with Gasteiger partial charge in [-0.3, -0.25) is 0 Å². The van der Waals surface area contributed by atoms with E-state index >= 15 is 0 Å². The van der Waals surface area contributed by atoms with Crippen molar-refractivity contribution in [2.24, 2.45) is 0 Å². The Bertz CT molecular complexity index is 319. The van der Waals surface area contributed by atoms with E-state index in [9.17, 15) is 4.39 Å². The molecule has 1 N–H and O–H groups in total. The normalized spacial score (nSPS) is 12.8. The molecular formula is C11H15ClFNS. The fourth-order valence-corrected chi connectivity index (χ4v) is 2.09. The summed E-state index contributed by atoms with van der Waals surface area (Å²) in [5.74, 6) is 0.681. The van der Waals surface area contributed by atoms with Gasteiger partial charge < -0.3 is 5.32 Å². The summed E-state index contributed by atoms with van der Waals surface area (Å²) in [6.07, 6.45) is 2.06. The molecule has 0 saturated carbocycles. The molecule has 0 aliphatic rings. The van der Waals surface area contributed by atoms with Crippen LogP contribution in [0.4, 0.5) is 4.39 Å². The van der Waals surface area contributed by atoms with E-state index in [0.29, 0.717) is 12.6 Å². The number of halogens is 2. The molecule has 1 aromatic carbocycles. The Morgan fingerprint density at radius 3 is 2.93 bits per heavy atom. The van der Waals surface area contributed by atoms with Crippen molar-refractivity contribution in [1.82, 2.24) is 5.32 Å². The maximum atomic E-state index is 13.1. The molecule has 0 radical (unpaired) electrons. The van der Waals surface area contributed by atoms with Crippen LogP contribution in [0, 0.1) is 5.82 Å². The van der Waals surface area contributed by atoms with Crippen molar-refractivity contribution in [2.75, 3.05) is 12.0 Å². The number of nitrogens with one attached hydrogen (secondary N) is 1. The van der Waals surface area contributed by atoms with Crippen LogP contribution in [0.3, 0.4) is 0 Å². The molecule has 1 atom stereocenters. The molecule has 0 aliphatic carbocycles. The fourth-order valence-electron chi connectivity index (χ4n) is 1.28. The van der Waals surface area contributed by atoms with Gasteiger partial charge in [0.1, 0.15) is 5.82 Å². The van der Waals surface area contributed by atoms with Gasteiger partial charge in [-0.25, -0.2) is 4.39 Å².